The Kier molecular flexibility index (Phi) is 8.89. The van der Waals surface area contributed by atoms with Crippen LogP contribution in [-0.4, -0.2) is 44.9 Å². The predicted octanol–water partition coefficient (Wildman–Crippen LogP) is 2.45. The Balaban J connectivity index is 2.02. The fourth-order valence-corrected chi connectivity index (χ4v) is 2.74. The first-order valence-electron chi connectivity index (χ1n) is 9.38. The number of thiocarbonyl (C=S) groups is 1. The highest BCUT2D eigenvalue weighted by Crippen LogP contribution is 2.38. The van der Waals surface area contributed by atoms with E-state index in [0.29, 0.717) is 35.2 Å². The van der Waals surface area contributed by atoms with Crippen molar-refractivity contribution in [3.05, 3.63) is 47.5 Å². The summed E-state index contributed by atoms with van der Waals surface area (Å²) >= 11 is 5.10. The van der Waals surface area contributed by atoms with Gasteiger partial charge in [0.15, 0.2) is 16.6 Å². The minimum absolute atomic E-state index is 0.0981. The second-order valence-corrected chi connectivity index (χ2v) is 6.53. The molecule has 166 valence electrons. The molecular weight excluding hydrogens is 422 g/mol. The standard InChI is InChI=1S/C21H25N3O6S/c1-5-10-30-15-9-7-6-8-14(15)20(26)23-24-21(31)22-19(25)13-11-16(27-2)18(29-4)17(12-13)28-3/h6-9,11-12H,5,10H2,1-4H3,(H,23,26)(H2,22,24,25,31). The van der Waals surface area contributed by atoms with Crippen molar-refractivity contribution >= 4 is 29.1 Å². The Bertz CT molecular complexity index is 925. The van der Waals surface area contributed by atoms with Gasteiger partial charge in [0.25, 0.3) is 11.8 Å². The number of carbonyl (C=O) groups excluding carboxylic acids is 2. The van der Waals surface area contributed by atoms with E-state index in [2.05, 4.69) is 16.2 Å². The van der Waals surface area contributed by atoms with E-state index in [0.717, 1.165) is 6.42 Å². The lowest BCUT2D eigenvalue weighted by Crippen LogP contribution is -2.48. The highest BCUT2D eigenvalue weighted by molar-refractivity contribution is 7.80. The number of amides is 2. The van der Waals surface area contributed by atoms with Crippen LogP contribution < -0.4 is 35.1 Å². The van der Waals surface area contributed by atoms with Crippen molar-refractivity contribution in [1.82, 2.24) is 16.2 Å². The normalized spacial score (nSPS) is 9.94. The Morgan fingerprint density at radius 2 is 1.55 bits per heavy atom. The predicted molar refractivity (Wildman–Crippen MR) is 119 cm³/mol. The summed E-state index contributed by atoms with van der Waals surface area (Å²) in [5.74, 6) is 0.467. The summed E-state index contributed by atoms with van der Waals surface area (Å²) in [5, 5.41) is 2.38. The van der Waals surface area contributed by atoms with Crippen molar-refractivity contribution < 1.29 is 28.5 Å². The number of ether oxygens (including phenoxy) is 4. The van der Waals surface area contributed by atoms with E-state index in [1.54, 1.807) is 24.3 Å². The Morgan fingerprint density at radius 1 is 0.903 bits per heavy atom. The summed E-state index contributed by atoms with van der Waals surface area (Å²) in [6.45, 7) is 2.46. The molecule has 0 fully saturated rings. The van der Waals surface area contributed by atoms with Crippen LogP contribution in [0.4, 0.5) is 0 Å². The molecule has 0 aliphatic rings. The third-order valence-electron chi connectivity index (χ3n) is 4.04. The van der Waals surface area contributed by atoms with Gasteiger partial charge in [0.2, 0.25) is 5.75 Å². The first-order chi connectivity index (χ1) is 14.9. The quantitative estimate of drug-likeness (QED) is 0.419. The fourth-order valence-electron chi connectivity index (χ4n) is 2.59. The monoisotopic (exact) mass is 447 g/mol. The molecule has 0 unspecified atom stereocenters. The lowest BCUT2D eigenvalue weighted by atomic mass is 10.1. The summed E-state index contributed by atoms with van der Waals surface area (Å²) < 4.78 is 21.3. The summed E-state index contributed by atoms with van der Waals surface area (Å²) in [7, 11) is 4.36. The molecule has 3 N–H and O–H groups in total. The maximum Gasteiger partial charge on any atom is 0.273 e. The van der Waals surface area contributed by atoms with Crippen LogP contribution in [0.5, 0.6) is 23.0 Å². The van der Waals surface area contributed by atoms with E-state index in [9.17, 15) is 9.59 Å². The van der Waals surface area contributed by atoms with Gasteiger partial charge in [-0.25, -0.2) is 0 Å². The van der Waals surface area contributed by atoms with Gasteiger partial charge < -0.3 is 18.9 Å². The molecule has 0 heterocycles. The highest BCUT2D eigenvalue weighted by atomic mass is 32.1. The highest BCUT2D eigenvalue weighted by Gasteiger charge is 2.18. The number of carbonyl (C=O) groups is 2. The zero-order chi connectivity index (χ0) is 22.8. The van der Waals surface area contributed by atoms with Crippen LogP contribution in [0.1, 0.15) is 34.1 Å². The molecule has 0 aromatic heterocycles. The molecule has 2 rings (SSSR count). The smallest absolute Gasteiger partial charge is 0.273 e. The maximum absolute atomic E-state index is 12.6. The molecule has 0 saturated heterocycles. The first-order valence-corrected chi connectivity index (χ1v) is 9.79. The Labute approximate surface area is 186 Å². The summed E-state index contributed by atoms with van der Waals surface area (Å²) in [4.78, 5) is 25.0. The third kappa shape index (κ3) is 6.22. The van der Waals surface area contributed by atoms with Gasteiger partial charge in [-0.3, -0.25) is 25.8 Å². The van der Waals surface area contributed by atoms with Crippen molar-refractivity contribution in [2.24, 2.45) is 0 Å². The average molecular weight is 448 g/mol. The molecule has 2 aromatic rings. The molecule has 0 atom stereocenters. The molecule has 2 aromatic carbocycles. The van der Waals surface area contributed by atoms with E-state index in [-0.39, 0.29) is 10.7 Å². The van der Waals surface area contributed by atoms with Crippen LogP contribution in [-0.2, 0) is 0 Å². The topological polar surface area (TPSA) is 107 Å². The van der Waals surface area contributed by atoms with Crippen molar-refractivity contribution in [3.8, 4) is 23.0 Å². The van der Waals surface area contributed by atoms with Crippen molar-refractivity contribution in [1.29, 1.82) is 0 Å². The maximum atomic E-state index is 12.6. The lowest BCUT2D eigenvalue weighted by molar-refractivity contribution is 0.0931. The van der Waals surface area contributed by atoms with E-state index >= 15 is 0 Å². The number of benzene rings is 2. The Hall–Kier alpha value is -3.53. The van der Waals surface area contributed by atoms with Crippen molar-refractivity contribution in [3.63, 3.8) is 0 Å². The second kappa shape index (κ2) is 11.6. The molecule has 0 spiro atoms. The molecule has 2 amide bonds. The van der Waals surface area contributed by atoms with Gasteiger partial charge in [-0.15, -0.1) is 0 Å². The van der Waals surface area contributed by atoms with E-state index < -0.39 is 11.8 Å². The van der Waals surface area contributed by atoms with E-state index in [4.69, 9.17) is 31.2 Å². The van der Waals surface area contributed by atoms with Gasteiger partial charge in [-0.2, -0.15) is 0 Å². The van der Waals surface area contributed by atoms with Gasteiger partial charge in [0.1, 0.15) is 5.75 Å². The van der Waals surface area contributed by atoms with Gasteiger partial charge >= 0.3 is 0 Å². The van der Waals surface area contributed by atoms with Crippen molar-refractivity contribution in [2.75, 3.05) is 27.9 Å². The zero-order valence-corrected chi connectivity index (χ0v) is 18.6. The SMILES string of the molecule is CCCOc1ccccc1C(=O)NNC(=S)NC(=O)c1cc(OC)c(OC)c(OC)c1. The number of rotatable bonds is 8. The average Bonchev–Trinajstić information content (AvgIpc) is 2.80. The third-order valence-corrected chi connectivity index (χ3v) is 4.24. The molecule has 31 heavy (non-hydrogen) atoms. The van der Waals surface area contributed by atoms with Gasteiger partial charge in [-0.05, 0) is 42.9 Å². The number of para-hydroxylation sites is 1. The minimum atomic E-state index is -0.530. The molecule has 0 aliphatic carbocycles. The molecule has 9 nitrogen and oxygen atoms in total. The van der Waals surface area contributed by atoms with Crippen LogP contribution in [0.2, 0.25) is 0 Å². The largest absolute Gasteiger partial charge is 0.493 e. The summed E-state index contributed by atoms with van der Waals surface area (Å²) in [5.41, 5.74) is 5.50. The van der Waals surface area contributed by atoms with Gasteiger partial charge in [-0.1, -0.05) is 19.1 Å². The number of methoxy groups -OCH3 is 3. The number of hydrazine groups is 1. The summed E-state index contributed by atoms with van der Waals surface area (Å²) in [6.07, 6.45) is 0.811. The zero-order valence-electron chi connectivity index (χ0n) is 17.7. The molecule has 0 aliphatic heterocycles. The van der Waals surface area contributed by atoms with Gasteiger partial charge in [0.05, 0.1) is 33.5 Å². The second-order valence-electron chi connectivity index (χ2n) is 6.12. The van der Waals surface area contributed by atoms with E-state index in [1.807, 2.05) is 6.92 Å². The first kappa shape index (κ1) is 23.7. The molecular formula is C21H25N3O6S. The van der Waals surface area contributed by atoms with Crippen LogP contribution in [0.3, 0.4) is 0 Å². The molecule has 0 bridgehead atoms. The van der Waals surface area contributed by atoms with E-state index in [1.165, 1.54) is 33.5 Å². The van der Waals surface area contributed by atoms with Crippen LogP contribution >= 0.6 is 12.2 Å². The number of hydrogen-bond donors (Lipinski definition) is 3. The molecule has 10 heteroatoms. The van der Waals surface area contributed by atoms with Crippen molar-refractivity contribution in [2.45, 2.75) is 13.3 Å². The lowest BCUT2D eigenvalue weighted by Gasteiger charge is -2.15. The molecule has 0 radical (unpaired) electrons. The van der Waals surface area contributed by atoms with Crippen LogP contribution in [0.15, 0.2) is 36.4 Å². The van der Waals surface area contributed by atoms with Crippen LogP contribution in [0.25, 0.3) is 0 Å². The molecule has 0 saturated carbocycles. The Morgan fingerprint density at radius 3 is 2.13 bits per heavy atom. The van der Waals surface area contributed by atoms with Gasteiger partial charge in [0, 0.05) is 5.56 Å². The number of nitrogens with one attached hydrogen (secondary N) is 3. The summed E-state index contributed by atoms with van der Waals surface area (Å²) in [6, 6.07) is 9.79. The fraction of sp³-hybridized carbons (Fsp3) is 0.286. The van der Waals surface area contributed by atoms with Crippen LogP contribution in [0, 0.1) is 0 Å². The minimum Gasteiger partial charge on any atom is -0.493 e. The number of hydrogen-bond acceptors (Lipinski definition) is 7.